The number of allylic oxidation sites excluding steroid dienone is 2. The summed E-state index contributed by atoms with van der Waals surface area (Å²) in [5, 5.41) is 10.3. The molecule has 0 fully saturated rings. The minimum absolute atomic E-state index is 0.0389. The van der Waals surface area contributed by atoms with Gasteiger partial charge in [0.1, 0.15) is 28.6 Å². The fourth-order valence-corrected chi connectivity index (χ4v) is 6.18. The quantitative estimate of drug-likeness (QED) is 0.709. The van der Waals surface area contributed by atoms with Gasteiger partial charge in [0.05, 0.1) is 23.4 Å². The van der Waals surface area contributed by atoms with Crippen LogP contribution in [0, 0.1) is 16.7 Å². The Morgan fingerprint density at radius 2 is 1.91 bits per heavy atom. The van der Waals surface area contributed by atoms with Gasteiger partial charge in [-0.05, 0) is 50.8 Å². The molecule has 34 heavy (non-hydrogen) atoms. The van der Waals surface area contributed by atoms with E-state index in [1.807, 2.05) is 53.7 Å². The molecule has 0 bridgehead atoms. The summed E-state index contributed by atoms with van der Waals surface area (Å²) in [5.41, 5.74) is 6.92. The molecule has 0 unspecified atom stereocenters. The number of Topliss-reactive ketones (excluding diaryl/α,β-unsaturated/α-hetero) is 1. The highest BCUT2D eigenvalue weighted by atomic mass is 16.5. The highest BCUT2D eigenvalue weighted by Crippen LogP contribution is 2.61. The van der Waals surface area contributed by atoms with Crippen LogP contribution in [0.25, 0.3) is 5.57 Å². The number of fused-ring (bicyclic) bond motifs is 2. The molecule has 0 aromatic heterocycles. The molecule has 1 atom stereocenters. The normalized spacial score (nSPS) is 26.1. The third kappa shape index (κ3) is 2.62. The molecule has 1 amide bonds. The van der Waals surface area contributed by atoms with Gasteiger partial charge in [-0.2, -0.15) is 5.26 Å². The van der Waals surface area contributed by atoms with Gasteiger partial charge in [-0.1, -0.05) is 19.9 Å². The number of carbonyl (C=O) groups excluding carboxylic acids is 2. The summed E-state index contributed by atoms with van der Waals surface area (Å²) in [6, 6.07) is 5.86. The summed E-state index contributed by atoms with van der Waals surface area (Å²) in [4.78, 5) is 30.0. The largest absolute Gasteiger partial charge is 0.494 e. The predicted octanol–water partition coefficient (Wildman–Crippen LogP) is 4.23. The van der Waals surface area contributed by atoms with Crippen LogP contribution in [0.4, 0.5) is 5.69 Å². The molecule has 4 aliphatic rings. The fraction of sp³-hybridized carbons (Fsp3) is 0.444. The number of anilines is 1. The average molecular weight is 460 g/mol. The molecule has 2 N–H and O–H groups in total. The lowest BCUT2D eigenvalue weighted by Gasteiger charge is -2.43. The van der Waals surface area contributed by atoms with Crippen LogP contribution >= 0.6 is 0 Å². The molecule has 0 saturated carbocycles. The van der Waals surface area contributed by atoms with Crippen molar-refractivity contribution >= 4 is 23.0 Å². The van der Waals surface area contributed by atoms with E-state index in [0.29, 0.717) is 35.8 Å². The number of nitriles is 1. The number of ether oxygens (including phenoxy) is 2. The van der Waals surface area contributed by atoms with Gasteiger partial charge in [0, 0.05) is 24.0 Å². The molecular weight excluding hydrogens is 430 g/mol. The Morgan fingerprint density at radius 3 is 2.56 bits per heavy atom. The first-order valence-corrected chi connectivity index (χ1v) is 11.6. The minimum Gasteiger partial charge on any atom is -0.494 e. The molecule has 1 aromatic carbocycles. The van der Waals surface area contributed by atoms with Gasteiger partial charge in [-0.3, -0.25) is 9.59 Å². The third-order valence-corrected chi connectivity index (χ3v) is 7.29. The van der Waals surface area contributed by atoms with E-state index in [9.17, 15) is 14.9 Å². The van der Waals surface area contributed by atoms with Crippen LogP contribution in [0.3, 0.4) is 0 Å². The molecule has 1 aliphatic carbocycles. The van der Waals surface area contributed by atoms with Gasteiger partial charge in [0.15, 0.2) is 5.78 Å². The fourth-order valence-electron chi connectivity index (χ4n) is 6.18. The van der Waals surface area contributed by atoms with Crippen LogP contribution in [0.5, 0.6) is 5.75 Å². The summed E-state index contributed by atoms with van der Waals surface area (Å²) in [6.45, 7) is 12.2. The number of nitrogens with two attached hydrogens (primary N) is 1. The van der Waals surface area contributed by atoms with Crippen LogP contribution in [0.15, 0.2) is 41.0 Å². The highest BCUT2D eigenvalue weighted by molar-refractivity contribution is 6.22. The Balaban J connectivity index is 1.95. The second-order valence-electron chi connectivity index (χ2n) is 10.9. The van der Waals surface area contributed by atoms with E-state index in [-0.39, 0.29) is 40.6 Å². The number of hydrogen-bond acceptors (Lipinski definition) is 6. The maximum atomic E-state index is 14.6. The molecule has 7 nitrogen and oxygen atoms in total. The number of rotatable bonds is 2. The summed E-state index contributed by atoms with van der Waals surface area (Å²) in [7, 11) is 0. The van der Waals surface area contributed by atoms with Gasteiger partial charge in [0.2, 0.25) is 11.8 Å². The van der Waals surface area contributed by atoms with E-state index in [1.54, 1.807) is 11.0 Å². The third-order valence-electron chi connectivity index (χ3n) is 7.29. The SMILES string of the molecule is CCOc1cc2c3c(c1)[C@@]1(C(=O)N3C(C)(C)C=C2C)C(C#N)=C(N)OC2=C1C(=O)CC(C)(C)C2. The van der Waals surface area contributed by atoms with Gasteiger partial charge in [0.25, 0.3) is 0 Å². The maximum absolute atomic E-state index is 14.6. The monoisotopic (exact) mass is 459 g/mol. The minimum atomic E-state index is -1.66. The van der Waals surface area contributed by atoms with E-state index in [1.165, 1.54) is 0 Å². The second-order valence-corrected chi connectivity index (χ2v) is 10.9. The van der Waals surface area contributed by atoms with Crippen LogP contribution in [0.2, 0.25) is 0 Å². The van der Waals surface area contributed by atoms with E-state index in [4.69, 9.17) is 15.2 Å². The van der Waals surface area contributed by atoms with E-state index >= 15 is 0 Å². The number of carbonyl (C=O) groups is 2. The summed E-state index contributed by atoms with van der Waals surface area (Å²) in [5.74, 6) is 0.278. The molecule has 7 heteroatoms. The number of ketones is 1. The number of amides is 1. The number of nitrogens with zero attached hydrogens (tertiary/aromatic N) is 2. The van der Waals surface area contributed by atoms with Crippen LogP contribution < -0.4 is 15.4 Å². The van der Waals surface area contributed by atoms with Crippen molar-refractivity contribution in [2.45, 2.75) is 65.3 Å². The number of hydrogen-bond donors (Lipinski definition) is 1. The molecule has 1 aromatic rings. The maximum Gasteiger partial charge on any atom is 0.248 e. The standard InChI is InChI=1S/C27H29N3O4/c1-7-33-15-8-16-14(2)10-26(5,6)30-22(16)17(9-15)27(24(30)32)18(13-28)23(29)34-20-12-25(3,4)11-19(31)21(20)27/h8-10H,7,11-12,29H2,1-6H3/t27-/m1/s1. The molecule has 0 radical (unpaired) electrons. The smallest absolute Gasteiger partial charge is 0.248 e. The van der Waals surface area contributed by atoms with Crippen molar-refractivity contribution in [2.75, 3.05) is 11.5 Å². The lowest BCUT2D eigenvalue weighted by Crippen LogP contribution is -2.55. The molecule has 0 saturated heterocycles. The zero-order chi connectivity index (χ0) is 24.8. The van der Waals surface area contributed by atoms with Gasteiger partial charge >= 0.3 is 0 Å². The van der Waals surface area contributed by atoms with Crippen LogP contribution in [0.1, 0.15) is 65.5 Å². The van der Waals surface area contributed by atoms with Crippen LogP contribution in [-0.4, -0.2) is 23.8 Å². The van der Waals surface area contributed by atoms with Crippen LogP contribution in [-0.2, 0) is 19.7 Å². The van der Waals surface area contributed by atoms with Gasteiger partial charge < -0.3 is 20.1 Å². The second kappa shape index (κ2) is 6.75. The molecule has 3 heterocycles. The lowest BCUT2D eigenvalue weighted by molar-refractivity contribution is -0.126. The summed E-state index contributed by atoms with van der Waals surface area (Å²) >= 11 is 0. The van der Waals surface area contributed by atoms with Crippen molar-refractivity contribution in [1.29, 1.82) is 5.26 Å². The molecule has 176 valence electrons. The molecule has 1 spiro atoms. The topological polar surface area (TPSA) is 106 Å². The van der Waals surface area contributed by atoms with Crippen molar-refractivity contribution in [3.63, 3.8) is 0 Å². The van der Waals surface area contributed by atoms with Crippen molar-refractivity contribution in [2.24, 2.45) is 11.1 Å². The molecular formula is C27H29N3O4. The van der Waals surface area contributed by atoms with E-state index in [0.717, 1.165) is 11.1 Å². The summed E-state index contributed by atoms with van der Waals surface area (Å²) < 4.78 is 11.8. The van der Waals surface area contributed by atoms with Gasteiger partial charge in [-0.15, -0.1) is 0 Å². The molecule has 3 aliphatic heterocycles. The Hall–Kier alpha value is -3.53. The number of benzene rings is 1. The molecule has 5 rings (SSSR count). The first kappa shape index (κ1) is 22.3. The Bertz CT molecular complexity index is 1320. The van der Waals surface area contributed by atoms with Crippen molar-refractivity contribution in [3.8, 4) is 11.8 Å². The van der Waals surface area contributed by atoms with Crippen molar-refractivity contribution in [1.82, 2.24) is 0 Å². The Labute approximate surface area is 199 Å². The van der Waals surface area contributed by atoms with E-state index < -0.39 is 11.0 Å². The van der Waals surface area contributed by atoms with E-state index in [2.05, 4.69) is 6.07 Å². The lowest BCUT2D eigenvalue weighted by atomic mass is 9.62. The average Bonchev–Trinajstić information content (AvgIpc) is 2.95. The zero-order valence-electron chi connectivity index (χ0n) is 20.5. The van der Waals surface area contributed by atoms with Crippen molar-refractivity contribution in [3.05, 3.63) is 52.1 Å². The highest BCUT2D eigenvalue weighted by Gasteiger charge is 2.65. The zero-order valence-corrected chi connectivity index (χ0v) is 20.5. The van der Waals surface area contributed by atoms with Gasteiger partial charge in [-0.25, -0.2) is 0 Å². The van der Waals surface area contributed by atoms with Crippen molar-refractivity contribution < 1.29 is 19.1 Å². The Morgan fingerprint density at radius 1 is 1.21 bits per heavy atom. The summed E-state index contributed by atoms with van der Waals surface area (Å²) in [6.07, 6.45) is 2.72. The predicted molar refractivity (Wildman–Crippen MR) is 127 cm³/mol. The first-order valence-electron chi connectivity index (χ1n) is 11.6. The first-order chi connectivity index (χ1) is 15.9. The Kier molecular flexibility index (Phi) is 4.42.